The maximum Gasteiger partial charge on any atom is 0.0249 e. The van der Waals surface area contributed by atoms with Gasteiger partial charge in [0.2, 0.25) is 0 Å². The van der Waals surface area contributed by atoms with Gasteiger partial charge in [0.05, 0.1) is 0 Å². The summed E-state index contributed by atoms with van der Waals surface area (Å²) in [7, 11) is 0. The van der Waals surface area contributed by atoms with Gasteiger partial charge in [-0.2, -0.15) is 0 Å². The van der Waals surface area contributed by atoms with E-state index >= 15 is 0 Å². The molecule has 0 saturated heterocycles. The van der Waals surface area contributed by atoms with E-state index in [9.17, 15) is 0 Å². The van der Waals surface area contributed by atoms with Crippen molar-refractivity contribution in [1.29, 1.82) is 0 Å². The molecule has 0 amide bonds. The zero-order valence-corrected chi connectivity index (χ0v) is 11.6. The average Bonchev–Trinajstić information content (AvgIpc) is 3.06. The Morgan fingerprint density at radius 1 is 0.619 bits per heavy atom. The molecule has 0 heterocycles. The Kier molecular flexibility index (Phi) is 4.02. The van der Waals surface area contributed by atoms with Crippen molar-refractivity contribution >= 4 is 0 Å². The van der Waals surface area contributed by atoms with Gasteiger partial charge in [-0.05, 0) is 42.8 Å². The largest absolute Gasteiger partial charge is 0.0794 e. The van der Waals surface area contributed by atoms with Crippen LogP contribution in [0.4, 0.5) is 0 Å². The van der Waals surface area contributed by atoms with Crippen LogP contribution < -0.4 is 0 Å². The van der Waals surface area contributed by atoms with Crippen molar-refractivity contribution in [3.8, 4) is 23.7 Å². The summed E-state index contributed by atoms with van der Waals surface area (Å²) < 4.78 is 0. The fourth-order valence-corrected chi connectivity index (χ4v) is 2.00. The molecular formula is C21H14. The first-order valence-electron chi connectivity index (χ1n) is 6.95. The van der Waals surface area contributed by atoms with E-state index in [4.69, 9.17) is 0 Å². The van der Waals surface area contributed by atoms with Crippen molar-refractivity contribution in [2.45, 2.75) is 6.42 Å². The fourth-order valence-electron chi connectivity index (χ4n) is 2.00. The summed E-state index contributed by atoms with van der Waals surface area (Å²) in [4.78, 5) is 0. The molecule has 0 radical (unpaired) electrons. The zero-order chi connectivity index (χ0) is 14.3. The number of hydrogen-bond donors (Lipinski definition) is 0. The molecule has 0 heteroatoms. The minimum Gasteiger partial charge on any atom is -0.0794 e. The third kappa shape index (κ3) is 3.75. The van der Waals surface area contributed by atoms with Crippen molar-refractivity contribution < 1.29 is 0 Å². The molecule has 2 aromatic carbocycles. The lowest BCUT2D eigenvalue weighted by Crippen LogP contribution is -1.79. The second-order valence-electron chi connectivity index (χ2n) is 4.77. The number of benzene rings is 2. The van der Waals surface area contributed by atoms with Gasteiger partial charge < -0.3 is 0 Å². The first kappa shape index (κ1) is 13.0. The molecule has 1 aliphatic rings. The van der Waals surface area contributed by atoms with Crippen LogP contribution in [0.3, 0.4) is 0 Å². The maximum atomic E-state index is 3.19. The molecule has 0 spiro atoms. The predicted molar refractivity (Wildman–Crippen MR) is 87.6 cm³/mol. The normalized spacial score (nSPS) is 11.9. The zero-order valence-electron chi connectivity index (χ0n) is 11.6. The number of allylic oxidation sites excluding steroid dienone is 4. The lowest BCUT2D eigenvalue weighted by Gasteiger charge is -1.92. The minimum atomic E-state index is 0.952. The van der Waals surface area contributed by atoms with Crippen molar-refractivity contribution in [3.05, 3.63) is 95.1 Å². The highest BCUT2D eigenvalue weighted by atomic mass is 14.0. The summed E-state index contributed by atoms with van der Waals surface area (Å²) >= 11 is 0. The van der Waals surface area contributed by atoms with Gasteiger partial charge in [0.1, 0.15) is 0 Å². The van der Waals surface area contributed by atoms with Gasteiger partial charge in [0, 0.05) is 22.3 Å². The van der Waals surface area contributed by atoms with Crippen LogP contribution in [-0.4, -0.2) is 0 Å². The lowest BCUT2D eigenvalue weighted by molar-refractivity contribution is 1.36. The van der Waals surface area contributed by atoms with E-state index in [1.54, 1.807) is 0 Å². The Hall–Kier alpha value is -2.96. The van der Waals surface area contributed by atoms with Gasteiger partial charge in [-0.1, -0.05) is 60.1 Å². The van der Waals surface area contributed by atoms with Crippen LogP contribution in [0.2, 0.25) is 0 Å². The van der Waals surface area contributed by atoms with Gasteiger partial charge in [0.15, 0.2) is 0 Å². The standard InChI is InChI=1S/C21H14/c1-2-6-18(7-3-1)10-12-20-14-16-21(17-15-20)13-11-19-8-4-5-9-19/h1-8,14-17H,9H2. The molecule has 98 valence electrons. The van der Waals surface area contributed by atoms with Gasteiger partial charge in [-0.15, -0.1) is 0 Å². The molecular weight excluding hydrogens is 252 g/mol. The summed E-state index contributed by atoms with van der Waals surface area (Å²) in [6.07, 6.45) is 7.18. The van der Waals surface area contributed by atoms with Crippen molar-refractivity contribution in [2.75, 3.05) is 0 Å². The molecule has 0 nitrogen and oxygen atoms in total. The molecule has 0 N–H and O–H groups in total. The molecule has 21 heavy (non-hydrogen) atoms. The van der Waals surface area contributed by atoms with Crippen molar-refractivity contribution in [2.24, 2.45) is 0 Å². The topological polar surface area (TPSA) is 0 Å². The van der Waals surface area contributed by atoms with Crippen LogP contribution in [0.1, 0.15) is 23.1 Å². The Bertz CT molecular complexity index is 796. The first-order valence-corrected chi connectivity index (χ1v) is 6.95. The molecule has 1 aliphatic carbocycles. The molecule has 0 bridgehead atoms. The van der Waals surface area contributed by atoms with Crippen LogP contribution in [0.15, 0.2) is 78.4 Å². The second-order valence-corrected chi connectivity index (χ2v) is 4.77. The van der Waals surface area contributed by atoms with E-state index in [1.807, 2.05) is 60.7 Å². The van der Waals surface area contributed by atoms with E-state index in [2.05, 4.69) is 35.8 Å². The highest BCUT2D eigenvalue weighted by Crippen LogP contribution is 2.09. The highest BCUT2D eigenvalue weighted by Gasteiger charge is 1.93. The second kappa shape index (κ2) is 6.47. The Morgan fingerprint density at radius 3 is 1.76 bits per heavy atom. The van der Waals surface area contributed by atoms with E-state index in [0.29, 0.717) is 0 Å². The third-order valence-electron chi connectivity index (χ3n) is 3.15. The summed E-state index contributed by atoms with van der Waals surface area (Å²) in [6, 6.07) is 18.1. The summed E-state index contributed by atoms with van der Waals surface area (Å²) in [5.41, 5.74) is 4.23. The molecule has 0 aliphatic heterocycles. The molecule has 0 aromatic heterocycles. The minimum absolute atomic E-state index is 0.952. The van der Waals surface area contributed by atoms with Crippen LogP contribution in [-0.2, 0) is 0 Å². The molecule has 0 atom stereocenters. The lowest BCUT2D eigenvalue weighted by atomic mass is 10.1. The van der Waals surface area contributed by atoms with Gasteiger partial charge in [-0.25, -0.2) is 0 Å². The first-order chi connectivity index (χ1) is 10.4. The Balaban J connectivity index is 1.71. The summed E-state index contributed by atoms with van der Waals surface area (Å²) in [6.45, 7) is 0. The summed E-state index contributed by atoms with van der Waals surface area (Å²) in [5, 5.41) is 0. The molecule has 0 fully saturated rings. The van der Waals surface area contributed by atoms with Crippen LogP contribution in [0, 0.1) is 23.7 Å². The van der Waals surface area contributed by atoms with Crippen LogP contribution in [0.25, 0.3) is 0 Å². The summed E-state index contributed by atoms with van der Waals surface area (Å²) in [5.74, 6) is 12.7. The van der Waals surface area contributed by atoms with Gasteiger partial charge >= 0.3 is 0 Å². The molecule has 2 aromatic rings. The van der Waals surface area contributed by atoms with E-state index < -0.39 is 0 Å². The van der Waals surface area contributed by atoms with Crippen LogP contribution >= 0.6 is 0 Å². The quantitative estimate of drug-likeness (QED) is 0.623. The molecule has 0 saturated carbocycles. The number of rotatable bonds is 0. The van der Waals surface area contributed by atoms with Gasteiger partial charge in [0.25, 0.3) is 0 Å². The smallest absolute Gasteiger partial charge is 0.0249 e. The van der Waals surface area contributed by atoms with E-state index in [0.717, 1.165) is 23.1 Å². The third-order valence-corrected chi connectivity index (χ3v) is 3.15. The van der Waals surface area contributed by atoms with Crippen LogP contribution in [0.5, 0.6) is 0 Å². The SMILES string of the molecule is C(#Cc1ccc(C#Cc2ccccc2)cc1)C1=CC=CC1. The monoisotopic (exact) mass is 266 g/mol. The number of hydrogen-bond acceptors (Lipinski definition) is 0. The molecule has 3 rings (SSSR count). The Labute approximate surface area is 125 Å². The van der Waals surface area contributed by atoms with Crippen molar-refractivity contribution in [1.82, 2.24) is 0 Å². The Morgan fingerprint density at radius 2 is 1.19 bits per heavy atom. The maximum absolute atomic E-state index is 3.19. The average molecular weight is 266 g/mol. The highest BCUT2D eigenvalue weighted by molar-refractivity contribution is 5.48. The van der Waals surface area contributed by atoms with E-state index in [1.165, 1.54) is 5.57 Å². The van der Waals surface area contributed by atoms with E-state index in [-0.39, 0.29) is 0 Å². The fraction of sp³-hybridized carbons (Fsp3) is 0.0476. The predicted octanol–water partition coefficient (Wildman–Crippen LogP) is 4.32. The van der Waals surface area contributed by atoms with Crippen molar-refractivity contribution in [3.63, 3.8) is 0 Å². The van der Waals surface area contributed by atoms with Gasteiger partial charge in [-0.3, -0.25) is 0 Å². The molecule has 0 unspecified atom stereocenters.